The molecule has 0 unspecified atom stereocenters. The van der Waals surface area contributed by atoms with Crippen molar-refractivity contribution in [1.29, 1.82) is 0 Å². The van der Waals surface area contributed by atoms with Gasteiger partial charge in [0.25, 0.3) is 0 Å². The molecule has 0 spiro atoms. The smallest absolute Gasteiger partial charge is 0.390 e. The van der Waals surface area contributed by atoms with Crippen LogP contribution in [0.5, 0.6) is 0 Å². The summed E-state index contributed by atoms with van der Waals surface area (Å²) < 4.78 is 6.51. The normalized spacial score (nSPS) is 10.6. The zero-order chi connectivity index (χ0) is 13.9. The van der Waals surface area contributed by atoms with Crippen molar-refractivity contribution in [3.63, 3.8) is 0 Å². The van der Waals surface area contributed by atoms with Gasteiger partial charge in [0.2, 0.25) is 6.33 Å². The van der Waals surface area contributed by atoms with Gasteiger partial charge in [0.1, 0.15) is 12.2 Å². The molecule has 3 aromatic rings. The highest BCUT2D eigenvalue weighted by molar-refractivity contribution is 5.58. The Hall–Kier alpha value is -3.03. The molecule has 1 aromatic carbocycles. The molecule has 100 valence electrons. The third-order valence-corrected chi connectivity index (χ3v) is 2.63. The van der Waals surface area contributed by atoms with Gasteiger partial charge in [-0.1, -0.05) is 40.5 Å². The van der Waals surface area contributed by atoms with Crippen molar-refractivity contribution < 1.29 is 9.45 Å². The Balaban J connectivity index is 1.78. The fourth-order valence-electron chi connectivity index (χ4n) is 1.74. The van der Waals surface area contributed by atoms with E-state index in [0.717, 1.165) is 5.56 Å². The van der Waals surface area contributed by atoms with Gasteiger partial charge < -0.3 is 14.6 Å². The van der Waals surface area contributed by atoms with Gasteiger partial charge in [0.15, 0.2) is 5.76 Å². The maximum Gasteiger partial charge on any atom is 0.490 e. The van der Waals surface area contributed by atoms with E-state index in [-0.39, 0.29) is 6.54 Å². The minimum atomic E-state index is -0.647. The molecule has 0 fully saturated rings. The molecule has 20 heavy (non-hydrogen) atoms. The van der Waals surface area contributed by atoms with Crippen molar-refractivity contribution in [2.24, 2.45) is 0 Å². The molecule has 0 saturated carbocycles. The summed E-state index contributed by atoms with van der Waals surface area (Å²) in [6.45, 7) is 0.237. The van der Waals surface area contributed by atoms with Gasteiger partial charge in [-0.05, 0) is 4.92 Å². The predicted octanol–water partition coefficient (Wildman–Crippen LogP) is 1.89. The Morgan fingerprint density at radius 3 is 2.80 bits per heavy atom. The minimum Gasteiger partial charge on any atom is -0.390 e. The SMILES string of the molecule is O=[N+]([O-])c1ncn(Cc2cc(-c3ccccc3)no2)n1. The van der Waals surface area contributed by atoms with E-state index in [4.69, 9.17) is 4.52 Å². The van der Waals surface area contributed by atoms with E-state index < -0.39 is 10.9 Å². The summed E-state index contributed by atoms with van der Waals surface area (Å²) in [5.74, 6) is 0.108. The van der Waals surface area contributed by atoms with Gasteiger partial charge in [-0.15, -0.1) is 0 Å². The van der Waals surface area contributed by atoms with Crippen molar-refractivity contribution >= 4 is 5.95 Å². The first-order valence-electron chi connectivity index (χ1n) is 5.77. The molecule has 0 radical (unpaired) electrons. The molecule has 0 aliphatic rings. The molecule has 2 aromatic heterocycles. The molecular weight excluding hydrogens is 262 g/mol. The third kappa shape index (κ3) is 2.39. The molecule has 8 heteroatoms. The summed E-state index contributed by atoms with van der Waals surface area (Å²) in [4.78, 5) is 13.4. The lowest BCUT2D eigenvalue weighted by Crippen LogP contribution is -2.00. The van der Waals surface area contributed by atoms with Crippen LogP contribution in [-0.2, 0) is 6.54 Å². The Morgan fingerprint density at radius 1 is 1.30 bits per heavy atom. The van der Waals surface area contributed by atoms with E-state index in [9.17, 15) is 10.1 Å². The van der Waals surface area contributed by atoms with Crippen LogP contribution < -0.4 is 0 Å². The highest BCUT2D eigenvalue weighted by Crippen LogP contribution is 2.18. The third-order valence-electron chi connectivity index (χ3n) is 2.63. The summed E-state index contributed by atoms with van der Waals surface area (Å²) in [7, 11) is 0. The van der Waals surface area contributed by atoms with Gasteiger partial charge in [-0.2, -0.15) is 4.68 Å². The highest BCUT2D eigenvalue weighted by atomic mass is 16.6. The van der Waals surface area contributed by atoms with E-state index in [0.29, 0.717) is 11.5 Å². The lowest BCUT2D eigenvalue weighted by Gasteiger charge is -1.91. The van der Waals surface area contributed by atoms with Crippen LogP contribution in [-0.4, -0.2) is 24.8 Å². The van der Waals surface area contributed by atoms with Crippen LogP contribution in [0.2, 0.25) is 0 Å². The van der Waals surface area contributed by atoms with Crippen LogP contribution in [0, 0.1) is 10.1 Å². The van der Waals surface area contributed by atoms with E-state index >= 15 is 0 Å². The molecule has 0 amide bonds. The maximum atomic E-state index is 10.5. The molecule has 0 aliphatic heterocycles. The Bertz CT molecular complexity index is 734. The first-order chi connectivity index (χ1) is 9.72. The first-order valence-corrected chi connectivity index (χ1v) is 5.77. The number of nitro groups is 1. The minimum absolute atomic E-state index is 0.237. The fourth-order valence-corrected chi connectivity index (χ4v) is 1.74. The van der Waals surface area contributed by atoms with Crippen LogP contribution >= 0.6 is 0 Å². The summed E-state index contributed by atoms with van der Waals surface area (Å²) in [6.07, 6.45) is 1.28. The standard InChI is InChI=1S/C12H9N5O3/c18-17(19)12-13-8-16(14-12)7-10-6-11(15-20-10)9-4-2-1-3-5-9/h1-6,8H,7H2. The molecule has 3 rings (SSSR count). The van der Waals surface area contributed by atoms with Gasteiger partial charge in [-0.3, -0.25) is 0 Å². The van der Waals surface area contributed by atoms with Crippen molar-refractivity contribution in [1.82, 2.24) is 19.9 Å². The number of benzene rings is 1. The second-order valence-corrected chi connectivity index (χ2v) is 4.04. The van der Waals surface area contributed by atoms with E-state index in [1.54, 1.807) is 6.07 Å². The average Bonchev–Trinajstić information content (AvgIpc) is 3.10. The van der Waals surface area contributed by atoms with Crippen LogP contribution in [0.4, 0.5) is 5.95 Å². The highest BCUT2D eigenvalue weighted by Gasteiger charge is 2.15. The molecule has 0 atom stereocenters. The largest absolute Gasteiger partial charge is 0.490 e. The number of nitrogens with zero attached hydrogens (tertiary/aromatic N) is 5. The van der Waals surface area contributed by atoms with Gasteiger partial charge in [0, 0.05) is 16.7 Å². The molecule has 8 nitrogen and oxygen atoms in total. The molecular formula is C12H9N5O3. The van der Waals surface area contributed by atoms with Crippen LogP contribution in [0.3, 0.4) is 0 Å². The molecule has 0 bridgehead atoms. The zero-order valence-electron chi connectivity index (χ0n) is 10.2. The first kappa shape index (κ1) is 12.0. The Kier molecular flexibility index (Phi) is 2.96. The summed E-state index contributed by atoms with van der Waals surface area (Å²) >= 11 is 0. The van der Waals surface area contributed by atoms with Crippen molar-refractivity contribution in [2.75, 3.05) is 0 Å². The van der Waals surface area contributed by atoms with E-state index in [2.05, 4.69) is 15.2 Å². The second-order valence-electron chi connectivity index (χ2n) is 4.04. The quantitative estimate of drug-likeness (QED) is 0.530. The van der Waals surface area contributed by atoms with Gasteiger partial charge in [0.05, 0.1) is 0 Å². The molecule has 0 saturated heterocycles. The summed E-state index contributed by atoms with van der Waals surface area (Å²) in [5.41, 5.74) is 1.64. The zero-order valence-corrected chi connectivity index (χ0v) is 10.2. The summed E-state index contributed by atoms with van der Waals surface area (Å²) in [6, 6.07) is 11.3. The topological polar surface area (TPSA) is 99.9 Å². The average molecular weight is 271 g/mol. The van der Waals surface area contributed by atoms with Crippen molar-refractivity contribution in [2.45, 2.75) is 6.54 Å². The maximum absolute atomic E-state index is 10.5. The summed E-state index contributed by atoms with van der Waals surface area (Å²) in [5, 5.41) is 18.1. The Morgan fingerprint density at radius 2 is 2.10 bits per heavy atom. The molecule has 0 aliphatic carbocycles. The van der Waals surface area contributed by atoms with Crippen molar-refractivity contribution in [3.05, 3.63) is 58.6 Å². The molecule has 0 N–H and O–H groups in total. The number of hydrogen-bond acceptors (Lipinski definition) is 6. The predicted molar refractivity (Wildman–Crippen MR) is 67.7 cm³/mol. The number of aromatic nitrogens is 4. The number of hydrogen-bond donors (Lipinski definition) is 0. The van der Waals surface area contributed by atoms with Crippen LogP contribution in [0.15, 0.2) is 47.2 Å². The molecule has 2 heterocycles. The monoisotopic (exact) mass is 271 g/mol. The van der Waals surface area contributed by atoms with Crippen molar-refractivity contribution in [3.8, 4) is 11.3 Å². The lowest BCUT2D eigenvalue weighted by molar-refractivity contribution is -0.394. The fraction of sp³-hybridized carbons (Fsp3) is 0.0833. The Labute approximate surface area is 112 Å². The van der Waals surface area contributed by atoms with Gasteiger partial charge in [-0.25, -0.2) is 0 Å². The van der Waals surface area contributed by atoms with Crippen LogP contribution in [0.1, 0.15) is 5.76 Å². The van der Waals surface area contributed by atoms with E-state index in [1.807, 2.05) is 30.3 Å². The lowest BCUT2D eigenvalue weighted by atomic mass is 10.1. The van der Waals surface area contributed by atoms with Crippen LogP contribution in [0.25, 0.3) is 11.3 Å². The van der Waals surface area contributed by atoms with Gasteiger partial charge >= 0.3 is 5.95 Å². The second kappa shape index (κ2) is 4.92. The number of rotatable bonds is 4. The van der Waals surface area contributed by atoms with E-state index in [1.165, 1.54) is 11.0 Å².